The van der Waals surface area contributed by atoms with E-state index in [1.807, 2.05) is 109 Å². The molecule has 9 heteroatoms. The second-order valence-electron chi connectivity index (χ2n) is 8.10. The Hall–Kier alpha value is -4.95. The van der Waals surface area contributed by atoms with Crippen LogP contribution in [0, 0.1) is 0 Å². The van der Waals surface area contributed by atoms with E-state index in [9.17, 15) is 0 Å². The van der Waals surface area contributed by atoms with E-state index in [0.717, 1.165) is 22.6 Å². The quantitative estimate of drug-likeness (QED) is 0.134. The summed E-state index contributed by atoms with van der Waals surface area (Å²) in [5.41, 5.74) is 6.39. The highest BCUT2D eigenvalue weighted by Gasteiger charge is 2.07. The summed E-state index contributed by atoms with van der Waals surface area (Å²) in [6, 6.07) is 34.5. The van der Waals surface area contributed by atoms with E-state index >= 15 is 0 Å². The van der Waals surface area contributed by atoms with Crippen molar-refractivity contribution < 1.29 is 4.74 Å². The molecule has 1 aromatic heterocycles. The van der Waals surface area contributed by atoms with Gasteiger partial charge in [-0.1, -0.05) is 72.3 Å². The second-order valence-corrected chi connectivity index (χ2v) is 8.51. The molecule has 0 fully saturated rings. The minimum absolute atomic E-state index is 0.367. The first kappa shape index (κ1) is 24.7. The third-order valence-corrected chi connectivity index (χ3v) is 5.64. The highest BCUT2D eigenvalue weighted by Crippen LogP contribution is 2.21. The van der Waals surface area contributed by atoms with Crippen molar-refractivity contribution in [2.75, 3.05) is 16.1 Å². The fraction of sp³-hybridized carbons (Fsp3) is 0.0345. The number of hydrogen-bond donors (Lipinski definition) is 3. The number of nitrogens with one attached hydrogen (secondary N) is 3. The van der Waals surface area contributed by atoms with Gasteiger partial charge < -0.3 is 15.4 Å². The van der Waals surface area contributed by atoms with Crippen LogP contribution in [0.3, 0.4) is 0 Å². The Morgan fingerprint density at radius 1 is 0.684 bits per heavy atom. The number of nitrogens with zero attached hydrogens (tertiary/aromatic N) is 4. The van der Waals surface area contributed by atoms with E-state index in [1.165, 1.54) is 6.21 Å². The summed E-state index contributed by atoms with van der Waals surface area (Å²) in [6.45, 7) is 0.367. The summed E-state index contributed by atoms with van der Waals surface area (Å²) in [6.07, 6.45) is 1.53. The van der Waals surface area contributed by atoms with Crippen molar-refractivity contribution in [3.8, 4) is 5.75 Å². The minimum Gasteiger partial charge on any atom is -0.489 e. The van der Waals surface area contributed by atoms with Crippen molar-refractivity contribution >= 4 is 46.8 Å². The maximum Gasteiger partial charge on any atom is 0.232 e. The zero-order valence-corrected chi connectivity index (χ0v) is 21.0. The van der Waals surface area contributed by atoms with E-state index in [-0.39, 0.29) is 0 Å². The van der Waals surface area contributed by atoms with Crippen molar-refractivity contribution in [2.24, 2.45) is 5.10 Å². The molecule has 8 nitrogen and oxygen atoms in total. The molecule has 38 heavy (non-hydrogen) atoms. The molecule has 0 saturated carbocycles. The van der Waals surface area contributed by atoms with Gasteiger partial charge in [-0.05, 0) is 42.5 Å². The third kappa shape index (κ3) is 7.05. The van der Waals surface area contributed by atoms with Gasteiger partial charge in [0, 0.05) is 28.0 Å². The molecule has 0 radical (unpaired) electrons. The van der Waals surface area contributed by atoms with Crippen LogP contribution in [0.25, 0.3) is 0 Å². The fourth-order valence-electron chi connectivity index (χ4n) is 3.46. The normalized spacial score (nSPS) is 10.8. The average Bonchev–Trinajstić information content (AvgIpc) is 2.94. The molecule has 0 unspecified atom stereocenters. The number of rotatable bonds is 10. The summed E-state index contributed by atoms with van der Waals surface area (Å²) in [5, 5.41) is 11.4. The van der Waals surface area contributed by atoms with Gasteiger partial charge in [-0.15, -0.1) is 0 Å². The van der Waals surface area contributed by atoms with Crippen molar-refractivity contribution in [1.29, 1.82) is 0 Å². The largest absolute Gasteiger partial charge is 0.489 e. The molecular formula is C29H24ClN7O. The molecule has 0 amide bonds. The molecule has 0 atom stereocenters. The second kappa shape index (κ2) is 12.3. The first-order chi connectivity index (χ1) is 18.7. The third-order valence-electron chi connectivity index (χ3n) is 5.27. The Kier molecular flexibility index (Phi) is 8.03. The lowest BCUT2D eigenvalue weighted by atomic mass is 10.2. The molecule has 0 aliphatic carbocycles. The van der Waals surface area contributed by atoms with Crippen molar-refractivity contribution in [3.05, 3.63) is 126 Å². The number of halogens is 1. The standard InChI is InChI=1S/C29H24ClN7O/c30-26-17-8-7-10-21(26)20-38-25-16-9-15-24(18-25)37-31-19-27-34-28(32-22-11-3-1-4-12-22)36-29(35-27)33-23-13-5-2-6-14-23/h1-19,37H,20H2,(H2,32,33,34,35,36). The number of aromatic nitrogens is 3. The Balaban J connectivity index is 1.29. The molecule has 1 heterocycles. The first-order valence-corrected chi connectivity index (χ1v) is 12.2. The number of hydrogen-bond acceptors (Lipinski definition) is 8. The predicted molar refractivity (Wildman–Crippen MR) is 153 cm³/mol. The monoisotopic (exact) mass is 521 g/mol. The van der Waals surface area contributed by atoms with Gasteiger partial charge in [0.1, 0.15) is 12.4 Å². The van der Waals surface area contributed by atoms with Gasteiger partial charge >= 0.3 is 0 Å². The average molecular weight is 522 g/mol. The molecule has 3 N–H and O–H groups in total. The van der Waals surface area contributed by atoms with E-state index in [4.69, 9.17) is 16.3 Å². The lowest BCUT2D eigenvalue weighted by Crippen LogP contribution is -2.07. The Bertz CT molecular complexity index is 1450. The first-order valence-electron chi connectivity index (χ1n) is 11.9. The van der Waals surface area contributed by atoms with E-state index in [1.54, 1.807) is 0 Å². The highest BCUT2D eigenvalue weighted by molar-refractivity contribution is 6.31. The maximum absolute atomic E-state index is 6.22. The van der Waals surface area contributed by atoms with Gasteiger partial charge in [-0.25, -0.2) is 0 Å². The van der Waals surface area contributed by atoms with Gasteiger partial charge in [0.2, 0.25) is 11.9 Å². The summed E-state index contributed by atoms with van der Waals surface area (Å²) in [4.78, 5) is 13.5. The zero-order valence-electron chi connectivity index (χ0n) is 20.3. The summed E-state index contributed by atoms with van der Waals surface area (Å²) >= 11 is 6.22. The Labute approximate surface area is 225 Å². The van der Waals surface area contributed by atoms with Crippen LogP contribution in [-0.2, 0) is 6.61 Å². The molecule has 0 aliphatic rings. The summed E-state index contributed by atoms with van der Waals surface area (Å²) in [7, 11) is 0. The predicted octanol–water partition coefficient (Wildman–Crippen LogP) is 7.04. The summed E-state index contributed by atoms with van der Waals surface area (Å²) in [5.74, 6) is 1.84. The fourth-order valence-corrected chi connectivity index (χ4v) is 3.65. The molecule has 0 spiro atoms. The Morgan fingerprint density at radius 3 is 1.95 bits per heavy atom. The molecule has 5 rings (SSSR count). The molecule has 188 valence electrons. The van der Waals surface area contributed by atoms with Crippen LogP contribution in [0.1, 0.15) is 11.4 Å². The van der Waals surface area contributed by atoms with Crippen LogP contribution >= 0.6 is 11.6 Å². The topological polar surface area (TPSA) is 96.4 Å². The minimum atomic E-state index is 0.367. The van der Waals surface area contributed by atoms with E-state index in [0.29, 0.717) is 35.1 Å². The van der Waals surface area contributed by atoms with Crippen LogP contribution in [0.15, 0.2) is 114 Å². The number of anilines is 5. The maximum atomic E-state index is 6.22. The van der Waals surface area contributed by atoms with Crippen molar-refractivity contribution in [3.63, 3.8) is 0 Å². The molecule has 0 bridgehead atoms. The number of ether oxygens (including phenoxy) is 1. The Morgan fingerprint density at radius 2 is 1.29 bits per heavy atom. The van der Waals surface area contributed by atoms with Gasteiger partial charge in [0.25, 0.3) is 0 Å². The van der Waals surface area contributed by atoms with Crippen LogP contribution < -0.4 is 20.8 Å². The van der Waals surface area contributed by atoms with Crippen LogP contribution in [0.2, 0.25) is 5.02 Å². The number of para-hydroxylation sites is 2. The van der Waals surface area contributed by atoms with Gasteiger partial charge in [-0.3, -0.25) is 5.43 Å². The van der Waals surface area contributed by atoms with Crippen LogP contribution in [0.5, 0.6) is 5.75 Å². The molecular weight excluding hydrogens is 498 g/mol. The molecule has 0 saturated heterocycles. The van der Waals surface area contributed by atoms with E-state index in [2.05, 4.69) is 36.1 Å². The van der Waals surface area contributed by atoms with Gasteiger partial charge in [-0.2, -0.15) is 20.1 Å². The molecule has 5 aromatic rings. The van der Waals surface area contributed by atoms with E-state index < -0.39 is 0 Å². The van der Waals surface area contributed by atoms with Crippen LogP contribution in [-0.4, -0.2) is 21.2 Å². The molecule has 4 aromatic carbocycles. The number of hydrazone groups is 1. The zero-order chi connectivity index (χ0) is 26.0. The number of benzene rings is 4. The SMILES string of the molecule is Clc1ccccc1COc1cccc(NN=Cc2nc(Nc3ccccc3)nc(Nc3ccccc3)n2)c1. The van der Waals surface area contributed by atoms with Gasteiger partial charge in [0.05, 0.1) is 11.9 Å². The van der Waals surface area contributed by atoms with Crippen molar-refractivity contribution in [1.82, 2.24) is 15.0 Å². The van der Waals surface area contributed by atoms with Crippen LogP contribution in [0.4, 0.5) is 29.0 Å². The lowest BCUT2D eigenvalue weighted by molar-refractivity contribution is 0.306. The smallest absolute Gasteiger partial charge is 0.232 e. The lowest BCUT2D eigenvalue weighted by Gasteiger charge is -2.10. The van der Waals surface area contributed by atoms with Crippen molar-refractivity contribution in [2.45, 2.75) is 6.61 Å². The summed E-state index contributed by atoms with van der Waals surface area (Å²) < 4.78 is 5.90. The highest BCUT2D eigenvalue weighted by atomic mass is 35.5. The molecule has 0 aliphatic heterocycles. The van der Waals surface area contributed by atoms with Gasteiger partial charge in [0.15, 0.2) is 5.82 Å².